The van der Waals surface area contributed by atoms with Crippen molar-refractivity contribution in [1.29, 1.82) is 0 Å². The second-order valence-electron chi connectivity index (χ2n) is 11.8. The van der Waals surface area contributed by atoms with E-state index in [4.69, 9.17) is 25.5 Å². The molecule has 0 bridgehead atoms. The summed E-state index contributed by atoms with van der Waals surface area (Å²) in [6, 6.07) is 5.23. The van der Waals surface area contributed by atoms with E-state index in [-0.39, 0.29) is 48.6 Å². The van der Waals surface area contributed by atoms with Gasteiger partial charge in [0.15, 0.2) is 17.0 Å². The lowest BCUT2D eigenvalue weighted by molar-refractivity contribution is -0.137. The van der Waals surface area contributed by atoms with Crippen LogP contribution in [0.15, 0.2) is 30.6 Å². The van der Waals surface area contributed by atoms with E-state index >= 15 is 0 Å². The lowest BCUT2D eigenvalue weighted by Gasteiger charge is -2.31. The van der Waals surface area contributed by atoms with E-state index in [1.165, 1.54) is 25.0 Å². The second-order valence-corrected chi connectivity index (χ2v) is 11.8. The van der Waals surface area contributed by atoms with Crippen LogP contribution in [0, 0.1) is 0 Å². The second kappa shape index (κ2) is 15.0. The van der Waals surface area contributed by atoms with Crippen molar-refractivity contribution >= 4 is 59.5 Å². The van der Waals surface area contributed by atoms with Crippen molar-refractivity contribution in [3.05, 3.63) is 36.2 Å². The van der Waals surface area contributed by atoms with Crippen LogP contribution in [0.4, 0.5) is 35.4 Å². The largest absolute Gasteiger partial charge is 0.430 e. The van der Waals surface area contributed by atoms with Gasteiger partial charge in [0.1, 0.15) is 0 Å². The number of benzene rings is 1. The van der Waals surface area contributed by atoms with Crippen molar-refractivity contribution < 1.29 is 22.8 Å². The zero-order chi connectivity index (χ0) is 30.0. The topological polar surface area (TPSA) is 135 Å². The van der Waals surface area contributed by atoms with Gasteiger partial charge in [-0.25, -0.2) is 9.78 Å². The van der Waals surface area contributed by atoms with Gasteiger partial charge in [-0.05, 0) is 75.6 Å². The van der Waals surface area contributed by atoms with E-state index in [0.717, 1.165) is 61.8 Å². The summed E-state index contributed by atoms with van der Waals surface area (Å²) in [7, 11) is 0. The van der Waals surface area contributed by atoms with Crippen LogP contribution in [0.5, 0.6) is 0 Å². The molecule has 1 saturated heterocycles. The number of carbonyl (C=O) groups is 1. The molecule has 0 radical (unpaired) electrons. The zero-order valence-electron chi connectivity index (χ0n) is 24.8. The van der Waals surface area contributed by atoms with Gasteiger partial charge in [0.05, 0.1) is 11.9 Å². The van der Waals surface area contributed by atoms with Crippen molar-refractivity contribution in [3.8, 4) is 0 Å². The van der Waals surface area contributed by atoms with Gasteiger partial charge in [-0.2, -0.15) is 23.1 Å². The number of hydrogen-bond acceptors (Lipinski definition) is 9. The first-order valence-corrected chi connectivity index (χ1v) is 15.2. The molecule has 1 aliphatic heterocycles. The van der Waals surface area contributed by atoms with Crippen molar-refractivity contribution in [1.82, 2.24) is 24.6 Å². The number of nitrogens with zero attached hydrogens (tertiary/aromatic N) is 5. The highest BCUT2D eigenvalue weighted by atomic mass is 35.5. The molecule has 2 aromatic heterocycles. The van der Waals surface area contributed by atoms with E-state index in [1.807, 2.05) is 6.33 Å². The molecule has 1 amide bonds. The predicted molar refractivity (Wildman–Crippen MR) is 171 cm³/mol. The molecule has 0 atom stereocenters. The van der Waals surface area contributed by atoms with Gasteiger partial charge in [-0.3, -0.25) is 5.32 Å². The molecule has 1 aromatic carbocycles. The fourth-order valence-corrected chi connectivity index (χ4v) is 6.26. The summed E-state index contributed by atoms with van der Waals surface area (Å²) in [4.78, 5) is 32.3. The molecule has 3 heterocycles. The van der Waals surface area contributed by atoms with Gasteiger partial charge >= 0.3 is 12.3 Å². The van der Waals surface area contributed by atoms with Gasteiger partial charge in [-0.1, -0.05) is 12.8 Å². The average molecular weight is 675 g/mol. The van der Waals surface area contributed by atoms with Crippen molar-refractivity contribution in [2.24, 2.45) is 5.73 Å². The Morgan fingerprint density at radius 2 is 1.53 bits per heavy atom. The quantitative estimate of drug-likeness (QED) is 0.221. The third-order valence-corrected chi connectivity index (χ3v) is 8.71. The van der Waals surface area contributed by atoms with E-state index in [0.29, 0.717) is 43.7 Å². The van der Waals surface area contributed by atoms with Crippen LogP contribution >= 0.6 is 24.8 Å². The van der Waals surface area contributed by atoms with Gasteiger partial charge in [0, 0.05) is 42.9 Å². The molecule has 0 spiro atoms. The summed E-state index contributed by atoms with van der Waals surface area (Å²) in [6.45, 7) is 0.965. The average Bonchev–Trinajstić information content (AvgIpc) is 3.66. The number of nitrogens with two attached hydrogens (primary N) is 1. The number of nitrogens with one attached hydrogen (secondary N) is 3. The molecular formula is C29H40Cl2F3N9O2. The molecule has 248 valence electrons. The summed E-state index contributed by atoms with van der Waals surface area (Å²) in [5, 5.41) is 11.2. The van der Waals surface area contributed by atoms with Crippen LogP contribution in [-0.2, 0) is 11.0 Å². The van der Waals surface area contributed by atoms with Crippen molar-refractivity contribution in [2.75, 3.05) is 29.0 Å². The van der Waals surface area contributed by atoms with Crippen molar-refractivity contribution in [3.63, 3.8) is 0 Å². The Hall–Kier alpha value is -3.07. The highest BCUT2D eigenvalue weighted by molar-refractivity contribution is 5.86. The Kier molecular flexibility index (Phi) is 11.6. The van der Waals surface area contributed by atoms with Gasteiger partial charge < -0.3 is 25.8 Å². The first-order chi connectivity index (χ1) is 20.7. The van der Waals surface area contributed by atoms with Crippen LogP contribution in [0.2, 0.25) is 0 Å². The molecule has 2 saturated carbocycles. The molecule has 0 unspecified atom stereocenters. The maximum Gasteiger partial charge on any atom is 0.430 e. The van der Waals surface area contributed by atoms with Crippen LogP contribution in [-0.4, -0.2) is 61.9 Å². The molecule has 2 aliphatic carbocycles. The highest BCUT2D eigenvalue weighted by Gasteiger charge is 2.30. The Bertz CT molecular complexity index is 1400. The van der Waals surface area contributed by atoms with E-state index in [1.54, 1.807) is 5.06 Å². The lowest BCUT2D eigenvalue weighted by Crippen LogP contribution is -2.41. The summed E-state index contributed by atoms with van der Waals surface area (Å²) < 4.78 is 40.6. The normalized spacial score (nSPS) is 21.5. The van der Waals surface area contributed by atoms with E-state index < -0.39 is 17.8 Å². The monoisotopic (exact) mass is 673 g/mol. The van der Waals surface area contributed by atoms with Crippen LogP contribution in [0.1, 0.15) is 75.8 Å². The summed E-state index contributed by atoms with van der Waals surface area (Å²) in [6.07, 6.45) is 6.64. The first kappa shape index (κ1) is 34.8. The number of carbonyl (C=O) groups excluding carboxylic acids is 1. The van der Waals surface area contributed by atoms with E-state index in [2.05, 4.69) is 20.5 Å². The Labute approximate surface area is 272 Å². The number of halogens is 5. The third kappa shape index (κ3) is 8.60. The number of amides is 1. The van der Waals surface area contributed by atoms with Crippen LogP contribution in [0.25, 0.3) is 11.2 Å². The minimum Gasteiger partial charge on any atom is -0.365 e. The number of alkyl halides is 3. The Balaban J connectivity index is 0.00000230. The standard InChI is InChI=1S/C29H38F3N9O2.2ClH/c30-29(31,32)18-5-9-21(10-6-18)37-28(42)43-40-15-13-22(14-16-40)35-25-24-26(41(17-34-24)23-3-1-2-4-23)39-27(38-25)36-20-11-7-19(33)8-12-20;;/h5-6,9-10,17,19-20,22-23H,1-4,7-8,11-16,33H2,(H,37,42)(H2,35,36,38,39);2*1H. The summed E-state index contributed by atoms with van der Waals surface area (Å²) >= 11 is 0. The molecule has 5 N–H and O–H groups in total. The number of fused-ring (bicyclic) bond motifs is 1. The maximum atomic E-state index is 12.8. The molecule has 45 heavy (non-hydrogen) atoms. The van der Waals surface area contributed by atoms with Gasteiger partial charge in [-0.15, -0.1) is 29.9 Å². The van der Waals surface area contributed by atoms with Gasteiger partial charge in [0.25, 0.3) is 0 Å². The molecular weight excluding hydrogens is 634 g/mol. The summed E-state index contributed by atoms with van der Waals surface area (Å²) in [5.74, 6) is 1.28. The molecule has 6 rings (SSSR count). The Morgan fingerprint density at radius 3 is 2.18 bits per heavy atom. The molecule has 3 aliphatic rings. The first-order valence-electron chi connectivity index (χ1n) is 15.2. The number of piperidine rings is 1. The zero-order valence-corrected chi connectivity index (χ0v) is 26.4. The number of rotatable bonds is 7. The highest BCUT2D eigenvalue weighted by Crippen LogP contribution is 2.34. The smallest absolute Gasteiger partial charge is 0.365 e. The van der Waals surface area contributed by atoms with E-state index in [9.17, 15) is 18.0 Å². The molecule has 11 nitrogen and oxygen atoms in total. The van der Waals surface area contributed by atoms with Crippen molar-refractivity contribution in [2.45, 2.75) is 94.6 Å². The number of hydroxylamine groups is 2. The number of imidazole rings is 1. The minimum atomic E-state index is -4.44. The summed E-state index contributed by atoms with van der Waals surface area (Å²) in [5.41, 5.74) is 7.13. The lowest BCUT2D eigenvalue weighted by atomic mass is 9.92. The number of anilines is 3. The fourth-order valence-electron chi connectivity index (χ4n) is 6.26. The van der Waals surface area contributed by atoms with Crippen LogP contribution in [0.3, 0.4) is 0 Å². The number of hydrogen-bond donors (Lipinski definition) is 4. The third-order valence-electron chi connectivity index (χ3n) is 8.71. The molecule has 3 aromatic rings. The fraction of sp³-hybridized carbons (Fsp3) is 0.586. The maximum absolute atomic E-state index is 12.8. The molecule has 16 heteroatoms. The Morgan fingerprint density at radius 1 is 0.889 bits per heavy atom. The molecule has 3 fully saturated rings. The van der Waals surface area contributed by atoms with Gasteiger partial charge in [0.2, 0.25) is 5.95 Å². The SMILES string of the molecule is Cl.Cl.NC1CCC(Nc2nc(NC3CCN(OC(=O)Nc4ccc(C(F)(F)F)cc4)CC3)c3ncn(C4CCCC4)c3n2)CC1. The number of aromatic nitrogens is 4. The predicted octanol–water partition coefficient (Wildman–Crippen LogP) is 6.53. The minimum absolute atomic E-state index is 0. The van der Waals surface area contributed by atoms with Crippen LogP contribution < -0.4 is 21.7 Å².